The zero-order valence-electron chi connectivity index (χ0n) is 10.5. The van der Waals surface area contributed by atoms with Gasteiger partial charge in [-0.15, -0.1) is 6.42 Å². The third kappa shape index (κ3) is 4.51. The molecular weight excluding hydrogens is 276 g/mol. The summed E-state index contributed by atoms with van der Waals surface area (Å²) in [6.07, 6.45) is 5.35. The molecule has 92 valence electrons. The minimum atomic E-state index is 0.696. The van der Waals surface area contributed by atoms with Crippen LogP contribution in [0.2, 0.25) is 0 Å². The molecule has 0 aliphatic heterocycles. The lowest BCUT2D eigenvalue weighted by Crippen LogP contribution is -2.23. The van der Waals surface area contributed by atoms with Crippen molar-refractivity contribution in [2.24, 2.45) is 0 Å². The standard InChI is InChI=1S/C14H19BrN2/c1-4-8-17(5-2)11-13-7-6-12(10-16-3)9-14(13)15/h1,6-7,9,16H,5,8,10-11H2,2-3H3. The minimum Gasteiger partial charge on any atom is -0.316 e. The van der Waals surface area contributed by atoms with Crippen molar-refractivity contribution in [1.82, 2.24) is 10.2 Å². The van der Waals surface area contributed by atoms with Crippen LogP contribution in [-0.2, 0) is 13.1 Å². The maximum Gasteiger partial charge on any atom is 0.0601 e. The van der Waals surface area contributed by atoms with Crippen molar-refractivity contribution in [2.75, 3.05) is 20.1 Å². The lowest BCUT2D eigenvalue weighted by atomic mass is 10.1. The molecule has 2 nitrogen and oxygen atoms in total. The van der Waals surface area contributed by atoms with Gasteiger partial charge in [-0.1, -0.05) is 40.9 Å². The highest BCUT2D eigenvalue weighted by Crippen LogP contribution is 2.20. The lowest BCUT2D eigenvalue weighted by Gasteiger charge is -2.18. The first kappa shape index (κ1) is 14.2. The van der Waals surface area contributed by atoms with Gasteiger partial charge in [0, 0.05) is 17.6 Å². The fourth-order valence-electron chi connectivity index (χ4n) is 1.68. The summed E-state index contributed by atoms with van der Waals surface area (Å²) in [6.45, 7) is 5.57. The van der Waals surface area contributed by atoms with E-state index in [-0.39, 0.29) is 0 Å². The quantitative estimate of drug-likeness (QED) is 0.812. The van der Waals surface area contributed by atoms with Crippen LogP contribution in [0.15, 0.2) is 22.7 Å². The van der Waals surface area contributed by atoms with Gasteiger partial charge in [0.05, 0.1) is 6.54 Å². The van der Waals surface area contributed by atoms with Crippen LogP contribution in [0.4, 0.5) is 0 Å². The van der Waals surface area contributed by atoms with Crippen molar-refractivity contribution >= 4 is 15.9 Å². The maximum absolute atomic E-state index is 5.35. The largest absolute Gasteiger partial charge is 0.316 e. The van der Waals surface area contributed by atoms with Crippen LogP contribution in [-0.4, -0.2) is 25.0 Å². The Kier molecular flexibility index (Phi) is 6.28. The molecule has 1 N–H and O–H groups in total. The van der Waals surface area contributed by atoms with E-state index in [1.807, 2.05) is 7.05 Å². The second-order valence-corrected chi connectivity index (χ2v) is 4.82. The van der Waals surface area contributed by atoms with Crippen molar-refractivity contribution in [2.45, 2.75) is 20.0 Å². The Bertz CT molecular complexity index is 396. The van der Waals surface area contributed by atoms with Crippen LogP contribution in [0, 0.1) is 12.3 Å². The van der Waals surface area contributed by atoms with Crippen molar-refractivity contribution in [3.05, 3.63) is 33.8 Å². The van der Waals surface area contributed by atoms with Gasteiger partial charge in [-0.25, -0.2) is 0 Å². The van der Waals surface area contributed by atoms with Crippen LogP contribution in [0.1, 0.15) is 18.1 Å². The second-order valence-electron chi connectivity index (χ2n) is 3.96. The summed E-state index contributed by atoms with van der Waals surface area (Å²) in [4.78, 5) is 2.23. The molecule has 0 fully saturated rings. The number of terminal acetylenes is 1. The van der Waals surface area contributed by atoms with E-state index in [0.29, 0.717) is 6.54 Å². The predicted molar refractivity (Wildman–Crippen MR) is 76.7 cm³/mol. The third-order valence-electron chi connectivity index (χ3n) is 2.65. The highest BCUT2D eigenvalue weighted by Gasteiger charge is 2.06. The fourth-order valence-corrected chi connectivity index (χ4v) is 2.23. The van der Waals surface area contributed by atoms with Crippen LogP contribution >= 0.6 is 15.9 Å². The molecule has 0 amide bonds. The van der Waals surface area contributed by atoms with Gasteiger partial charge < -0.3 is 5.32 Å². The molecule has 3 heteroatoms. The molecule has 0 saturated carbocycles. The summed E-state index contributed by atoms with van der Waals surface area (Å²) in [6, 6.07) is 6.48. The fraction of sp³-hybridized carbons (Fsp3) is 0.429. The summed E-state index contributed by atoms with van der Waals surface area (Å²) in [5.41, 5.74) is 2.56. The Morgan fingerprint density at radius 3 is 2.76 bits per heavy atom. The highest BCUT2D eigenvalue weighted by molar-refractivity contribution is 9.10. The number of halogens is 1. The van der Waals surface area contributed by atoms with Crippen molar-refractivity contribution in [3.63, 3.8) is 0 Å². The minimum absolute atomic E-state index is 0.696. The summed E-state index contributed by atoms with van der Waals surface area (Å²) in [5.74, 6) is 2.69. The van der Waals surface area contributed by atoms with Crippen LogP contribution < -0.4 is 5.32 Å². The number of rotatable bonds is 6. The molecule has 0 atom stereocenters. The first-order chi connectivity index (χ1) is 8.21. The molecule has 0 aliphatic rings. The number of nitrogens with zero attached hydrogens (tertiary/aromatic N) is 1. The van der Waals surface area contributed by atoms with E-state index in [0.717, 1.165) is 24.1 Å². The Morgan fingerprint density at radius 2 is 2.24 bits per heavy atom. The van der Waals surface area contributed by atoms with E-state index in [1.54, 1.807) is 0 Å². The van der Waals surface area contributed by atoms with Crippen LogP contribution in [0.25, 0.3) is 0 Å². The Balaban J connectivity index is 2.74. The van der Waals surface area contributed by atoms with Crippen molar-refractivity contribution < 1.29 is 0 Å². The molecule has 0 spiro atoms. The van der Waals surface area contributed by atoms with Gasteiger partial charge in [0.15, 0.2) is 0 Å². The molecule has 0 saturated heterocycles. The van der Waals surface area contributed by atoms with Crippen molar-refractivity contribution in [3.8, 4) is 12.3 Å². The van der Waals surface area contributed by atoms with Gasteiger partial charge in [0.1, 0.15) is 0 Å². The number of hydrogen-bond donors (Lipinski definition) is 1. The van der Waals surface area contributed by atoms with Crippen LogP contribution in [0.5, 0.6) is 0 Å². The molecule has 1 aromatic rings. The number of nitrogens with one attached hydrogen (secondary N) is 1. The lowest BCUT2D eigenvalue weighted by molar-refractivity contribution is 0.315. The molecule has 1 rings (SSSR count). The maximum atomic E-state index is 5.35. The molecular formula is C14H19BrN2. The number of benzene rings is 1. The summed E-state index contributed by atoms with van der Waals surface area (Å²) >= 11 is 3.62. The molecule has 0 heterocycles. The molecule has 0 unspecified atom stereocenters. The van der Waals surface area contributed by atoms with E-state index < -0.39 is 0 Å². The first-order valence-corrected chi connectivity index (χ1v) is 6.58. The topological polar surface area (TPSA) is 15.3 Å². The smallest absolute Gasteiger partial charge is 0.0601 e. The summed E-state index contributed by atoms with van der Waals surface area (Å²) in [5, 5.41) is 3.15. The monoisotopic (exact) mass is 294 g/mol. The zero-order chi connectivity index (χ0) is 12.7. The summed E-state index contributed by atoms with van der Waals surface area (Å²) in [7, 11) is 1.95. The van der Waals surface area contributed by atoms with Crippen molar-refractivity contribution in [1.29, 1.82) is 0 Å². The molecule has 17 heavy (non-hydrogen) atoms. The Morgan fingerprint density at radius 1 is 1.47 bits per heavy atom. The normalized spacial score (nSPS) is 10.5. The Hall–Kier alpha value is -0.820. The number of hydrogen-bond acceptors (Lipinski definition) is 2. The molecule has 0 bridgehead atoms. The van der Waals surface area contributed by atoms with E-state index in [1.165, 1.54) is 11.1 Å². The van der Waals surface area contributed by atoms with E-state index in [4.69, 9.17) is 6.42 Å². The average Bonchev–Trinajstić information content (AvgIpc) is 2.32. The van der Waals surface area contributed by atoms with Gasteiger partial charge in [-0.05, 0) is 30.8 Å². The third-order valence-corrected chi connectivity index (χ3v) is 3.39. The molecule has 0 aromatic heterocycles. The molecule has 0 aliphatic carbocycles. The van der Waals surface area contributed by atoms with Gasteiger partial charge in [0.25, 0.3) is 0 Å². The van der Waals surface area contributed by atoms with Crippen LogP contribution in [0.3, 0.4) is 0 Å². The SMILES string of the molecule is C#CCN(CC)Cc1ccc(CNC)cc1Br. The highest BCUT2D eigenvalue weighted by atomic mass is 79.9. The van der Waals surface area contributed by atoms with Gasteiger partial charge >= 0.3 is 0 Å². The van der Waals surface area contributed by atoms with E-state index >= 15 is 0 Å². The van der Waals surface area contributed by atoms with E-state index in [2.05, 4.69) is 57.2 Å². The molecule has 0 radical (unpaired) electrons. The van der Waals surface area contributed by atoms with E-state index in [9.17, 15) is 0 Å². The van der Waals surface area contributed by atoms with Gasteiger partial charge in [0.2, 0.25) is 0 Å². The predicted octanol–water partition coefficient (Wildman–Crippen LogP) is 2.62. The Labute approximate surface area is 113 Å². The zero-order valence-corrected chi connectivity index (χ0v) is 12.0. The summed E-state index contributed by atoms with van der Waals surface area (Å²) < 4.78 is 1.15. The first-order valence-electron chi connectivity index (χ1n) is 5.79. The molecule has 1 aromatic carbocycles. The van der Waals surface area contributed by atoms with Gasteiger partial charge in [-0.3, -0.25) is 4.90 Å². The second kappa shape index (κ2) is 7.50. The van der Waals surface area contributed by atoms with Gasteiger partial charge in [-0.2, -0.15) is 0 Å². The average molecular weight is 295 g/mol.